The van der Waals surface area contributed by atoms with Gasteiger partial charge in [-0.1, -0.05) is 13.8 Å². The fourth-order valence-electron chi connectivity index (χ4n) is 2.51. The van der Waals surface area contributed by atoms with Crippen LogP contribution in [0.2, 0.25) is 0 Å². The van der Waals surface area contributed by atoms with E-state index in [-0.39, 0.29) is 11.9 Å². The maximum atomic E-state index is 5.61. The normalized spacial score (nSPS) is 24.5. The lowest BCUT2D eigenvalue weighted by Gasteiger charge is -2.39. The van der Waals surface area contributed by atoms with Gasteiger partial charge in [0.1, 0.15) is 5.82 Å². The number of anilines is 2. The van der Waals surface area contributed by atoms with Crippen molar-refractivity contribution in [1.29, 1.82) is 0 Å². The first-order valence-corrected chi connectivity index (χ1v) is 6.85. The largest absolute Gasteiger partial charge is 0.368 e. The number of nitrogens with one attached hydrogen (secondary N) is 1. The quantitative estimate of drug-likeness (QED) is 0.703. The minimum absolute atomic E-state index is 0.192. The van der Waals surface area contributed by atoms with E-state index in [1.54, 1.807) is 0 Å². The van der Waals surface area contributed by atoms with E-state index in [9.17, 15) is 0 Å². The number of nitrogens with two attached hydrogens (primary N) is 2. The van der Waals surface area contributed by atoms with Crippen LogP contribution in [0.1, 0.15) is 32.5 Å². The van der Waals surface area contributed by atoms with E-state index in [2.05, 4.69) is 39.0 Å². The Morgan fingerprint density at radius 3 is 2.42 bits per heavy atom. The molecular formula is C12H23N7. The summed E-state index contributed by atoms with van der Waals surface area (Å²) in [4.78, 5) is 14.5. The summed E-state index contributed by atoms with van der Waals surface area (Å²) in [5, 5.41) is 3.56. The van der Waals surface area contributed by atoms with Crippen LogP contribution < -0.4 is 16.8 Å². The third kappa shape index (κ3) is 3.51. The molecule has 2 heterocycles. The van der Waals surface area contributed by atoms with Crippen LogP contribution in [0.5, 0.6) is 0 Å². The van der Waals surface area contributed by atoms with Crippen molar-refractivity contribution in [3.63, 3.8) is 0 Å². The summed E-state index contributed by atoms with van der Waals surface area (Å²) < 4.78 is 0. The molecule has 0 aliphatic carbocycles. The summed E-state index contributed by atoms with van der Waals surface area (Å²) >= 11 is 0. The molecule has 19 heavy (non-hydrogen) atoms. The Morgan fingerprint density at radius 2 is 1.84 bits per heavy atom. The Morgan fingerprint density at radius 1 is 1.16 bits per heavy atom. The second-order valence-corrected chi connectivity index (χ2v) is 4.97. The first-order chi connectivity index (χ1) is 9.12. The van der Waals surface area contributed by atoms with Crippen molar-refractivity contribution in [2.24, 2.45) is 0 Å². The van der Waals surface area contributed by atoms with E-state index >= 15 is 0 Å². The van der Waals surface area contributed by atoms with Gasteiger partial charge >= 0.3 is 0 Å². The maximum absolute atomic E-state index is 5.61. The Balaban J connectivity index is 2.09. The van der Waals surface area contributed by atoms with Crippen LogP contribution in [0.4, 0.5) is 11.9 Å². The van der Waals surface area contributed by atoms with Gasteiger partial charge in [-0.15, -0.1) is 0 Å². The van der Waals surface area contributed by atoms with Crippen LogP contribution in [0.3, 0.4) is 0 Å². The minimum Gasteiger partial charge on any atom is -0.368 e. The van der Waals surface area contributed by atoms with Crippen molar-refractivity contribution in [2.45, 2.75) is 45.3 Å². The van der Waals surface area contributed by atoms with Gasteiger partial charge in [-0.3, -0.25) is 4.90 Å². The number of hydrogen-bond donors (Lipinski definition) is 3. The Hall–Kier alpha value is -1.47. The molecule has 0 aromatic carbocycles. The molecule has 5 N–H and O–H groups in total. The highest BCUT2D eigenvalue weighted by Crippen LogP contribution is 2.15. The van der Waals surface area contributed by atoms with Crippen molar-refractivity contribution < 1.29 is 0 Å². The lowest BCUT2D eigenvalue weighted by molar-refractivity contribution is 0.114. The van der Waals surface area contributed by atoms with Crippen LogP contribution >= 0.6 is 0 Å². The smallest absolute Gasteiger partial charge is 0.225 e. The van der Waals surface area contributed by atoms with Gasteiger partial charge in [0.25, 0.3) is 0 Å². The second-order valence-electron chi connectivity index (χ2n) is 4.97. The fraction of sp³-hybridized carbons (Fsp3) is 0.750. The average Bonchev–Trinajstić information content (AvgIpc) is 2.37. The maximum Gasteiger partial charge on any atom is 0.225 e. The molecule has 1 aromatic heterocycles. The molecule has 7 heteroatoms. The zero-order valence-electron chi connectivity index (χ0n) is 11.6. The van der Waals surface area contributed by atoms with Crippen molar-refractivity contribution in [3.8, 4) is 0 Å². The van der Waals surface area contributed by atoms with Gasteiger partial charge in [-0.05, 0) is 12.8 Å². The molecule has 1 aromatic rings. The Bertz CT molecular complexity index is 402. The minimum atomic E-state index is 0.192. The van der Waals surface area contributed by atoms with Crippen LogP contribution in [-0.2, 0) is 6.54 Å². The van der Waals surface area contributed by atoms with Gasteiger partial charge in [0, 0.05) is 25.2 Å². The molecule has 0 radical (unpaired) electrons. The standard InChI is InChI=1S/C12H23N7/c1-3-8-6-19(9(4-2)5-15-8)7-10-16-11(13)18-12(14)17-10/h8-9,15H,3-7H2,1-2H3,(H4,13,14,16,17,18). The van der Waals surface area contributed by atoms with Gasteiger partial charge in [-0.25, -0.2) is 0 Å². The Labute approximate surface area is 113 Å². The highest BCUT2D eigenvalue weighted by molar-refractivity contribution is 5.25. The topological polar surface area (TPSA) is 106 Å². The van der Waals surface area contributed by atoms with Crippen molar-refractivity contribution in [2.75, 3.05) is 24.6 Å². The van der Waals surface area contributed by atoms with Gasteiger partial charge in [0.2, 0.25) is 11.9 Å². The lowest BCUT2D eigenvalue weighted by Crippen LogP contribution is -2.55. The molecule has 2 unspecified atom stereocenters. The molecule has 0 amide bonds. The fourth-order valence-corrected chi connectivity index (χ4v) is 2.51. The van der Waals surface area contributed by atoms with E-state index in [4.69, 9.17) is 11.5 Å². The highest BCUT2D eigenvalue weighted by atomic mass is 15.3. The number of piperazine rings is 1. The third-order valence-electron chi connectivity index (χ3n) is 3.64. The zero-order valence-corrected chi connectivity index (χ0v) is 11.6. The highest BCUT2D eigenvalue weighted by Gasteiger charge is 2.26. The van der Waals surface area contributed by atoms with Crippen molar-refractivity contribution in [3.05, 3.63) is 5.82 Å². The molecule has 1 aliphatic heterocycles. The van der Waals surface area contributed by atoms with E-state index in [1.165, 1.54) is 0 Å². The number of nitrogen functional groups attached to an aromatic ring is 2. The molecule has 7 nitrogen and oxygen atoms in total. The zero-order chi connectivity index (χ0) is 13.8. The molecule has 0 saturated carbocycles. The molecule has 1 fully saturated rings. The molecule has 0 spiro atoms. The monoisotopic (exact) mass is 265 g/mol. The van der Waals surface area contributed by atoms with Crippen molar-refractivity contribution in [1.82, 2.24) is 25.2 Å². The lowest BCUT2D eigenvalue weighted by atomic mass is 10.1. The number of rotatable bonds is 4. The summed E-state index contributed by atoms with van der Waals surface area (Å²) in [6.45, 7) is 7.07. The third-order valence-corrected chi connectivity index (χ3v) is 3.64. The summed E-state index contributed by atoms with van der Waals surface area (Å²) in [5.74, 6) is 1.04. The number of aromatic nitrogens is 3. The molecule has 0 bridgehead atoms. The van der Waals surface area contributed by atoms with E-state index in [0.29, 0.717) is 24.5 Å². The van der Waals surface area contributed by atoms with Gasteiger partial charge in [-0.2, -0.15) is 15.0 Å². The number of hydrogen-bond acceptors (Lipinski definition) is 7. The predicted molar refractivity (Wildman–Crippen MR) is 75.2 cm³/mol. The average molecular weight is 265 g/mol. The van der Waals surface area contributed by atoms with E-state index in [1.807, 2.05) is 0 Å². The van der Waals surface area contributed by atoms with Crippen LogP contribution in [0, 0.1) is 0 Å². The van der Waals surface area contributed by atoms with Crippen molar-refractivity contribution >= 4 is 11.9 Å². The SMILES string of the molecule is CCC1CN(Cc2nc(N)nc(N)n2)C(CC)CN1. The van der Waals surface area contributed by atoms with Crippen LogP contribution in [-0.4, -0.2) is 45.0 Å². The Kier molecular flexibility index (Phi) is 4.49. The van der Waals surface area contributed by atoms with Crippen LogP contribution in [0.25, 0.3) is 0 Å². The summed E-state index contributed by atoms with van der Waals surface area (Å²) in [7, 11) is 0. The van der Waals surface area contributed by atoms with Gasteiger partial charge in [0.15, 0.2) is 0 Å². The second kappa shape index (κ2) is 6.12. The van der Waals surface area contributed by atoms with E-state index in [0.717, 1.165) is 25.9 Å². The first kappa shape index (κ1) is 14.0. The molecule has 2 rings (SSSR count). The summed E-state index contributed by atoms with van der Waals surface area (Å²) in [6.07, 6.45) is 2.22. The summed E-state index contributed by atoms with van der Waals surface area (Å²) in [6, 6.07) is 1.03. The van der Waals surface area contributed by atoms with Gasteiger partial charge in [0.05, 0.1) is 6.54 Å². The van der Waals surface area contributed by atoms with Crippen LogP contribution in [0.15, 0.2) is 0 Å². The molecule has 1 aliphatic rings. The molecule has 2 atom stereocenters. The number of nitrogens with zero attached hydrogens (tertiary/aromatic N) is 4. The van der Waals surface area contributed by atoms with Gasteiger partial charge < -0.3 is 16.8 Å². The van der Waals surface area contributed by atoms with E-state index < -0.39 is 0 Å². The first-order valence-electron chi connectivity index (χ1n) is 6.85. The molecular weight excluding hydrogens is 242 g/mol. The molecule has 1 saturated heterocycles. The summed E-state index contributed by atoms with van der Waals surface area (Å²) in [5.41, 5.74) is 11.2. The predicted octanol–water partition coefficient (Wildman–Crippen LogP) is -0.00160. The molecule has 106 valence electrons.